The van der Waals surface area contributed by atoms with Gasteiger partial charge in [-0.2, -0.15) is 12.6 Å². The zero-order chi connectivity index (χ0) is 13.5. The second-order valence-electron chi connectivity index (χ2n) is 5.05. The Bertz CT molecular complexity index is 399. The van der Waals surface area contributed by atoms with E-state index < -0.39 is 0 Å². The number of likely N-dealkylation sites (tertiary alicyclic amines) is 1. The van der Waals surface area contributed by atoms with E-state index in [0.717, 1.165) is 12.1 Å². The molecule has 0 unspecified atom stereocenters. The second-order valence-corrected chi connectivity index (χ2v) is 5.50. The number of amides is 1. The van der Waals surface area contributed by atoms with Crippen LogP contribution in [0, 0.1) is 0 Å². The normalized spacial score (nSPS) is 15.6. The van der Waals surface area contributed by atoms with Gasteiger partial charge in [-0.15, -0.1) is 0 Å². The first-order valence-electron chi connectivity index (χ1n) is 6.95. The largest absolute Gasteiger partial charge is 0.352 e. The van der Waals surface area contributed by atoms with E-state index in [4.69, 9.17) is 0 Å². The highest BCUT2D eigenvalue weighted by Crippen LogP contribution is 2.13. The van der Waals surface area contributed by atoms with Crippen LogP contribution in [0.1, 0.15) is 30.4 Å². The maximum atomic E-state index is 11.3. The Morgan fingerprint density at radius 1 is 1.16 bits per heavy atom. The van der Waals surface area contributed by atoms with Crippen molar-refractivity contribution >= 4 is 18.5 Å². The number of benzene rings is 1. The Balaban J connectivity index is 1.79. The monoisotopic (exact) mass is 278 g/mol. The minimum absolute atomic E-state index is 0.0659. The van der Waals surface area contributed by atoms with Crippen LogP contribution < -0.4 is 5.32 Å². The average molecular weight is 278 g/mol. The standard InChI is InChI=1S/C15H22N2OS/c18-15(7-10-19)16-11-13-3-5-14(6-4-13)12-17-8-1-2-9-17/h3-6,19H,1-2,7-12H2,(H,16,18). The summed E-state index contributed by atoms with van der Waals surface area (Å²) >= 11 is 4.04. The molecule has 1 amide bonds. The topological polar surface area (TPSA) is 32.3 Å². The summed E-state index contributed by atoms with van der Waals surface area (Å²) in [6, 6.07) is 8.54. The van der Waals surface area contributed by atoms with Crippen LogP contribution in [0.5, 0.6) is 0 Å². The van der Waals surface area contributed by atoms with E-state index in [1.165, 1.54) is 31.5 Å². The third-order valence-electron chi connectivity index (χ3n) is 3.46. The van der Waals surface area contributed by atoms with Gasteiger partial charge in [-0.1, -0.05) is 24.3 Å². The average Bonchev–Trinajstić information content (AvgIpc) is 2.91. The Morgan fingerprint density at radius 3 is 2.42 bits per heavy atom. The molecule has 0 aliphatic carbocycles. The summed E-state index contributed by atoms with van der Waals surface area (Å²) in [6.45, 7) is 4.10. The Morgan fingerprint density at radius 2 is 1.79 bits per heavy atom. The van der Waals surface area contributed by atoms with Crippen LogP contribution in [0.4, 0.5) is 0 Å². The van der Waals surface area contributed by atoms with Gasteiger partial charge in [0.1, 0.15) is 0 Å². The third kappa shape index (κ3) is 4.88. The van der Waals surface area contributed by atoms with Gasteiger partial charge in [-0.05, 0) is 42.8 Å². The van der Waals surface area contributed by atoms with Crippen LogP contribution in [-0.4, -0.2) is 29.6 Å². The summed E-state index contributed by atoms with van der Waals surface area (Å²) in [7, 11) is 0. The predicted octanol–water partition coefficient (Wildman–Crippen LogP) is 2.22. The molecule has 1 aromatic carbocycles. The molecule has 19 heavy (non-hydrogen) atoms. The van der Waals surface area contributed by atoms with Crippen molar-refractivity contribution in [3.8, 4) is 0 Å². The minimum atomic E-state index is 0.0659. The van der Waals surface area contributed by atoms with Crippen molar-refractivity contribution in [2.24, 2.45) is 0 Å². The zero-order valence-electron chi connectivity index (χ0n) is 11.3. The van der Waals surface area contributed by atoms with Crippen LogP contribution in [0.2, 0.25) is 0 Å². The summed E-state index contributed by atoms with van der Waals surface area (Å²) in [5, 5.41) is 2.89. The van der Waals surface area contributed by atoms with Crippen molar-refractivity contribution in [3.63, 3.8) is 0 Å². The van der Waals surface area contributed by atoms with Crippen LogP contribution in [0.25, 0.3) is 0 Å². The molecule has 0 bridgehead atoms. The SMILES string of the molecule is O=C(CCS)NCc1ccc(CN2CCCC2)cc1. The number of nitrogens with zero attached hydrogens (tertiary/aromatic N) is 1. The smallest absolute Gasteiger partial charge is 0.221 e. The second kappa shape index (κ2) is 7.56. The number of rotatable bonds is 6. The fourth-order valence-corrected chi connectivity index (χ4v) is 2.56. The number of nitrogens with one attached hydrogen (secondary N) is 1. The molecule has 0 atom stereocenters. The van der Waals surface area contributed by atoms with E-state index in [9.17, 15) is 4.79 Å². The Hall–Kier alpha value is -1.00. The van der Waals surface area contributed by atoms with Gasteiger partial charge in [-0.25, -0.2) is 0 Å². The summed E-state index contributed by atoms with van der Waals surface area (Å²) in [4.78, 5) is 13.8. The van der Waals surface area contributed by atoms with E-state index >= 15 is 0 Å². The first kappa shape index (κ1) is 14.4. The first-order chi connectivity index (χ1) is 9.28. The van der Waals surface area contributed by atoms with Crippen LogP contribution >= 0.6 is 12.6 Å². The van der Waals surface area contributed by atoms with Crippen molar-refractivity contribution < 1.29 is 4.79 Å². The van der Waals surface area contributed by atoms with Crippen LogP contribution in [0.3, 0.4) is 0 Å². The molecule has 1 heterocycles. The van der Waals surface area contributed by atoms with Gasteiger partial charge in [0, 0.05) is 19.5 Å². The number of thiol groups is 1. The molecule has 1 aliphatic heterocycles. The highest BCUT2D eigenvalue weighted by molar-refractivity contribution is 7.80. The third-order valence-corrected chi connectivity index (χ3v) is 3.68. The molecule has 0 spiro atoms. The lowest BCUT2D eigenvalue weighted by atomic mass is 10.1. The van der Waals surface area contributed by atoms with Gasteiger partial charge in [0.25, 0.3) is 0 Å². The summed E-state index contributed by atoms with van der Waals surface area (Å²) in [5.74, 6) is 0.664. The molecule has 0 aromatic heterocycles. The number of carbonyl (C=O) groups is 1. The van der Waals surface area contributed by atoms with E-state index in [1.54, 1.807) is 0 Å². The molecule has 0 saturated carbocycles. The molecule has 1 aliphatic rings. The quantitative estimate of drug-likeness (QED) is 0.782. The van der Waals surface area contributed by atoms with Crippen molar-refractivity contribution in [1.82, 2.24) is 10.2 Å². The van der Waals surface area contributed by atoms with Crippen molar-refractivity contribution in [2.75, 3.05) is 18.8 Å². The lowest BCUT2D eigenvalue weighted by Gasteiger charge is -2.14. The summed E-state index contributed by atoms with van der Waals surface area (Å²) in [6.07, 6.45) is 3.14. The van der Waals surface area contributed by atoms with Gasteiger partial charge >= 0.3 is 0 Å². The molecular formula is C15H22N2OS. The van der Waals surface area contributed by atoms with Gasteiger partial charge in [0.2, 0.25) is 5.91 Å². The molecule has 1 N–H and O–H groups in total. The molecule has 1 aromatic rings. The van der Waals surface area contributed by atoms with Gasteiger partial charge in [-0.3, -0.25) is 9.69 Å². The first-order valence-corrected chi connectivity index (χ1v) is 7.59. The lowest BCUT2D eigenvalue weighted by molar-refractivity contribution is -0.120. The maximum Gasteiger partial charge on any atom is 0.221 e. The minimum Gasteiger partial charge on any atom is -0.352 e. The highest BCUT2D eigenvalue weighted by atomic mass is 32.1. The molecule has 2 rings (SSSR count). The summed E-state index contributed by atoms with van der Waals surface area (Å²) < 4.78 is 0. The Kier molecular flexibility index (Phi) is 5.73. The van der Waals surface area contributed by atoms with E-state index in [0.29, 0.717) is 18.7 Å². The fourth-order valence-electron chi connectivity index (χ4n) is 2.35. The lowest BCUT2D eigenvalue weighted by Crippen LogP contribution is -2.22. The maximum absolute atomic E-state index is 11.3. The molecular weight excluding hydrogens is 256 g/mol. The fraction of sp³-hybridized carbons (Fsp3) is 0.533. The van der Waals surface area contributed by atoms with Crippen molar-refractivity contribution in [1.29, 1.82) is 0 Å². The van der Waals surface area contributed by atoms with Gasteiger partial charge in [0.05, 0.1) is 0 Å². The van der Waals surface area contributed by atoms with Crippen LogP contribution in [-0.2, 0) is 17.9 Å². The van der Waals surface area contributed by atoms with Crippen molar-refractivity contribution in [3.05, 3.63) is 35.4 Å². The number of hydrogen-bond acceptors (Lipinski definition) is 3. The molecule has 0 radical (unpaired) electrons. The summed E-state index contributed by atoms with van der Waals surface area (Å²) in [5.41, 5.74) is 2.50. The van der Waals surface area contributed by atoms with E-state index in [1.807, 2.05) is 0 Å². The molecule has 4 heteroatoms. The van der Waals surface area contributed by atoms with Gasteiger partial charge < -0.3 is 5.32 Å². The molecule has 1 fully saturated rings. The van der Waals surface area contributed by atoms with Crippen LogP contribution in [0.15, 0.2) is 24.3 Å². The zero-order valence-corrected chi connectivity index (χ0v) is 12.2. The van der Waals surface area contributed by atoms with Crippen molar-refractivity contribution in [2.45, 2.75) is 32.4 Å². The molecule has 104 valence electrons. The Labute approximate surface area is 120 Å². The van der Waals surface area contributed by atoms with E-state index in [-0.39, 0.29) is 5.91 Å². The molecule has 1 saturated heterocycles. The predicted molar refractivity (Wildman–Crippen MR) is 81.3 cm³/mol. The highest BCUT2D eigenvalue weighted by Gasteiger charge is 2.11. The molecule has 3 nitrogen and oxygen atoms in total. The number of hydrogen-bond donors (Lipinski definition) is 2. The van der Waals surface area contributed by atoms with Gasteiger partial charge in [0.15, 0.2) is 0 Å². The van der Waals surface area contributed by atoms with E-state index in [2.05, 4.69) is 47.1 Å². The number of carbonyl (C=O) groups excluding carboxylic acids is 1.